The fraction of sp³-hybridized carbons (Fsp3) is 0.167. The van der Waals surface area contributed by atoms with Crippen LogP contribution in [0.15, 0.2) is 44.8 Å². The zero-order valence-electron chi connectivity index (χ0n) is 9.18. The van der Waals surface area contributed by atoms with Gasteiger partial charge in [0.1, 0.15) is 5.76 Å². The van der Waals surface area contributed by atoms with Crippen molar-refractivity contribution in [1.29, 1.82) is 0 Å². The molecule has 0 atom stereocenters. The fourth-order valence-electron chi connectivity index (χ4n) is 1.49. The number of nitrogens with zero attached hydrogens (tertiary/aromatic N) is 2. The van der Waals surface area contributed by atoms with Crippen molar-refractivity contribution in [2.75, 3.05) is 0 Å². The molecule has 0 fully saturated rings. The molecule has 2 rings (SSSR count). The Kier molecular flexibility index (Phi) is 2.72. The number of hydrogen-bond donors (Lipinski definition) is 0. The fourth-order valence-corrected chi connectivity index (χ4v) is 1.49. The second-order valence-corrected chi connectivity index (χ2v) is 3.58. The van der Waals surface area contributed by atoms with E-state index < -0.39 is 0 Å². The number of hydrogen-bond acceptors (Lipinski definition) is 3. The van der Waals surface area contributed by atoms with Gasteiger partial charge in [-0.2, -0.15) is 5.10 Å². The molecule has 4 heteroatoms. The lowest BCUT2D eigenvalue weighted by atomic mass is 10.2. The zero-order valence-corrected chi connectivity index (χ0v) is 9.18. The average molecular weight is 216 g/mol. The van der Waals surface area contributed by atoms with Crippen LogP contribution in [0.25, 0.3) is 0 Å². The predicted octanol–water partition coefficient (Wildman–Crippen LogP) is 1.94. The Morgan fingerprint density at radius 1 is 1.38 bits per heavy atom. The lowest BCUT2D eigenvalue weighted by Gasteiger charge is -2.03. The second-order valence-electron chi connectivity index (χ2n) is 3.58. The van der Waals surface area contributed by atoms with E-state index in [1.165, 1.54) is 10.9 Å². The maximum Gasteiger partial charge on any atom is 0.271 e. The quantitative estimate of drug-likeness (QED) is 0.720. The van der Waals surface area contributed by atoms with E-state index in [2.05, 4.69) is 5.10 Å². The molecule has 4 nitrogen and oxygen atoms in total. The number of furan rings is 1. The highest BCUT2D eigenvalue weighted by Crippen LogP contribution is 2.00. The summed E-state index contributed by atoms with van der Waals surface area (Å²) in [5.41, 5.74) is 1.60. The number of aryl methyl sites for hydroxylation is 2. The SMILES string of the molecule is Cc1cc(C)n(/N=C/c2ccco2)c(=O)c1. The van der Waals surface area contributed by atoms with Crippen LogP contribution >= 0.6 is 0 Å². The van der Waals surface area contributed by atoms with E-state index in [1.54, 1.807) is 24.5 Å². The van der Waals surface area contributed by atoms with Crippen molar-refractivity contribution in [3.63, 3.8) is 0 Å². The van der Waals surface area contributed by atoms with Crippen molar-refractivity contribution in [2.24, 2.45) is 5.10 Å². The molecular weight excluding hydrogens is 204 g/mol. The van der Waals surface area contributed by atoms with Gasteiger partial charge in [-0.3, -0.25) is 4.79 Å². The molecule has 0 unspecified atom stereocenters. The van der Waals surface area contributed by atoms with E-state index in [4.69, 9.17) is 4.42 Å². The van der Waals surface area contributed by atoms with Gasteiger partial charge in [0.25, 0.3) is 5.56 Å². The van der Waals surface area contributed by atoms with Crippen LogP contribution in [0.5, 0.6) is 0 Å². The lowest BCUT2D eigenvalue weighted by molar-refractivity contribution is 0.559. The van der Waals surface area contributed by atoms with Gasteiger partial charge in [0, 0.05) is 11.8 Å². The van der Waals surface area contributed by atoms with Crippen molar-refractivity contribution >= 4 is 6.21 Å². The summed E-state index contributed by atoms with van der Waals surface area (Å²) in [7, 11) is 0. The maximum atomic E-state index is 11.6. The van der Waals surface area contributed by atoms with Gasteiger partial charge in [-0.15, -0.1) is 0 Å². The molecule has 0 aliphatic rings. The molecule has 16 heavy (non-hydrogen) atoms. The number of pyridine rings is 1. The maximum absolute atomic E-state index is 11.6. The van der Waals surface area contributed by atoms with Crippen LogP contribution in [0.2, 0.25) is 0 Å². The molecule has 0 aliphatic carbocycles. The Balaban J connectivity index is 2.39. The van der Waals surface area contributed by atoms with E-state index in [1.807, 2.05) is 19.9 Å². The highest BCUT2D eigenvalue weighted by molar-refractivity contribution is 5.75. The normalized spacial score (nSPS) is 11.1. The average Bonchev–Trinajstić information content (AvgIpc) is 2.68. The van der Waals surface area contributed by atoms with Gasteiger partial charge in [0.2, 0.25) is 0 Å². The van der Waals surface area contributed by atoms with Gasteiger partial charge in [-0.25, -0.2) is 4.68 Å². The van der Waals surface area contributed by atoms with Crippen molar-refractivity contribution < 1.29 is 4.42 Å². The first-order valence-corrected chi connectivity index (χ1v) is 4.95. The van der Waals surface area contributed by atoms with E-state index in [9.17, 15) is 4.79 Å². The van der Waals surface area contributed by atoms with E-state index in [0.29, 0.717) is 5.76 Å². The molecule has 2 heterocycles. The summed E-state index contributed by atoms with van der Waals surface area (Å²) in [6, 6.07) is 7.00. The van der Waals surface area contributed by atoms with Crippen molar-refractivity contribution in [3.8, 4) is 0 Å². The largest absolute Gasteiger partial charge is 0.463 e. The minimum Gasteiger partial charge on any atom is -0.463 e. The van der Waals surface area contributed by atoms with E-state index >= 15 is 0 Å². The van der Waals surface area contributed by atoms with E-state index in [0.717, 1.165) is 11.3 Å². The third-order valence-electron chi connectivity index (χ3n) is 2.17. The molecular formula is C12H12N2O2. The predicted molar refractivity (Wildman–Crippen MR) is 61.9 cm³/mol. The molecule has 2 aromatic rings. The number of rotatable bonds is 2. The van der Waals surface area contributed by atoms with Crippen LogP contribution < -0.4 is 5.56 Å². The third-order valence-corrected chi connectivity index (χ3v) is 2.17. The summed E-state index contributed by atoms with van der Waals surface area (Å²) in [6.07, 6.45) is 3.08. The monoisotopic (exact) mass is 216 g/mol. The Labute approximate surface area is 92.8 Å². The van der Waals surface area contributed by atoms with Gasteiger partial charge in [0.15, 0.2) is 0 Å². The molecule has 0 saturated heterocycles. The van der Waals surface area contributed by atoms with Crippen LogP contribution in [-0.2, 0) is 0 Å². The molecule has 0 amide bonds. The highest BCUT2D eigenvalue weighted by atomic mass is 16.3. The van der Waals surface area contributed by atoms with Gasteiger partial charge >= 0.3 is 0 Å². The van der Waals surface area contributed by atoms with Crippen molar-refractivity contribution in [2.45, 2.75) is 13.8 Å². The van der Waals surface area contributed by atoms with Gasteiger partial charge in [0.05, 0.1) is 12.5 Å². The topological polar surface area (TPSA) is 47.5 Å². The lowest BCUT2D eigenvalue weighted by Crippen LogP contribution is -2.18. The Hall–Kier alpha value is -2.10. The Morgan fingerprint density at radius 2 is 2.19 bits per heavy atom. The van der Waals surface area contributed by atoms with Gasteiger partial charge in [-0.1, -0.05) is 0 Å². The van der Waals surface area contributed by atoms with Crippen LogP contribution in [0.1, 0.15) is 17.0 Å². The number of aromatic nitrogens is 1. The molecule has 0 N–H and O–H groups in total. The first kappa shape index (κ1) is 10.4. The molecule has 0 aliphatic heterocycles. The first-order chi connectivity index (χ1) is 7.66. The molecule has 82 valence electrons. The summed E-state index contributed by atoms with van der Waals surface area (Å²) in [5, 5.41) is 4.07. The third kappa shape index (κ3) is 2.11. The Bertz CT molecular complexity index is 565. The summed E-state index contributed by atoms with van der Waals surface area (Å²) < 4.78 is 6.44. The summed E-state index contributed by atoms with van der Waals surface area (Å²) in [5.74, 6) is 0.617. The summed E-state index contributed by atoms with van der Waals surface area (Å²) in [4.78, 5) is 11.6. The van der Waals surface area contributed by atoms with Gasteiger partial charge < -0.3 is 4.42 Å². The van der Waals surface area contributed by atoms with Crippen LogP contribution in [-0.4, -0.2) is 10.9 Å². The molecule has 0 aromatic carbocycles. The van der Waals surface area contributed by atoms with Crippen LogP contribution in [0.3, 0.4) is 0 Å². The van der Waals surface area contributed by atoms with E-state index in [-0.39, 0.29) is 5.56 Å². The Morgan fingerprint density at radius 3 is 2.81 bits per heavy atom. The molecule has 0 saturated carbocycles. The molecule has 2 aromatic heterocycles. The smallest absolute Gasteiger partial charge is 0.271 e. The van der Waals surface area contributed by atoms with Crippen LogP contribution in [0, 0.1) is 13.8 Å². The summed E-state index contributed by atoms with van der Waals surface area (Å²) >= 11 is 0. The molecule has 0 bridgehead atoms. The van der Waals surface area contributed by atoms with Crippen molar-refractivity contribution in [3.05, 3.63) is 57.9 Å². The highest BCUT2D eigenvalue weighted by Gasteiger charge is 1.99. The summed E-state index contributed by atoms with van der Waals surface area (Å²) in [6.45, 7) is 3.73. The first-order valence-electron chi connectivity index (χ1n) is 4.95. The van der Waals surface area contributed by atoms with Crippen LogP contribution in [0.4, 0.5) is 0 Å². The minimum absolute atomic E-state index is 0.139. The molecule has 0 spiro atoms. The van der Waals surface area contributed by atoms with Gasteiger partial charge in [-0.05, 0) is 37.6 Å². The second kappa shape index (κ2) is 4.18. The standard InChI is InChI=1S/C12H12N2O2/c1-9-6-10(2)14(12(15)7-9)13-8-11-4-3-5-16-11/h3-8H,1-2H3/b13-8+. The molecule has 0 radical (unpaired) electrons. The zero-order chi connectivity index (χ0) is 11.5. The van der Waals surface area contributed by atoms with Crippen molar-refractivity contribution in [1.82, 2.24) is 4.68 Å². The minimum atomic E-state index is -0.139.